The second kappa shape index (κ2) is 49.1. The first-order valence-corrected chi connectivity index (χ1v) is 44.3. The molecule has 10 rings (SSSR count). The molecule has 51 nitrogen and oxygen atoms in total. The number of nitrogens with zero attached hydrogens (tertiary/aromatic N) is 10. The van der Waals surface area contributed by atoms with E-state index in [4.69, 9.17) is 61.8 Å². The molecule has 133 heavy (non-hydrogen) atoms. The second-order valence-electron chi connectivity index (χ2n) is 33.8. The van der Waals surface area contributed by atoms with Crippen LogP contribution in [0.2, 0.25) is 0 Å². The lowest BCUT2D eigenvalue weighted by Gasteiger charge is -2.33. The largest absolute Gasteiger partial charge is 0.508 e. The molecule has 1 aromatic carbocycles. The lowest BCUT2D eigenvalue weighted by molar-refractivity contribution is -0.148. The number of aromatic hydroxyl groups is 1. The molecule has 14 amide bonds. The van der Waals surface area contributed by atoms with Crippen LogP contribution in [-0.4, -0.2) is 329 Å². The van der Waals surface area contributed by atoms with Crippen LogP contribution in [0.25, 0.3) is 0 Å². The summed E-state index contributed by atoms with van der Waals surface area (Å²) in [5, 5.41) is 84.5. The Kier molecular flexibility index (Phi) is 37.3. The molecular formula is C82H122N36O15. The number of phenols is 1. The van der Waals surface area contributed by atoms with Gasteiger partial charge in [0.1, 0.15) is 77.2 Å². The van der Waals surface area contributed by atoms with Crippen LogP contribution >= 0.6 is 0 Å². The Morgan fingerprint density at radius 3 is 1.14 bits per heavy atom. The summed E-state index contributed by atoms with van der Waals surface area (Å²) < 4.78 is 0. The summed E-state index contributed by atoms with van der Waals surface area (Å²) in [4.78, 5) is 232. The average Bonchev–Trinajstić information content (AvgIpc) is 1.63. The van der Waals surface area contributed by atoms with Crippen molar-refractivity contribution in [2.45, 2.75) is 225 Å². The summed E-state index contributed by atoms with van der Waals surface area (Å²) in [6.07, 6.45) is 12.4. The van der Waals surface area contributed by atoms with Crippen LogP contribution in [0.5, 0.6) is 5.75 Å². The summed E-state index contributed by atoms with van der Waals surface area (Å²) in [5.74, 6) is -12.1. The van der Waals surface area contributed by atoms with Crippen molar-refractivity contribution in [1.29, 1.82) is 21.6 Å². The molecule has 0 radical (unpaired) electrons. The Morgan fingerprint density at radius 1 is 0.391 bits per heavy atom. The van der Waals surface area contributed by atoms with Crippen molar-refractivity contribution in [2.75, 3.05) is 65.4 Å². The van der Waals surface area contributed by atoms with E-state index in [1.54, 1.807) is 0 Å². The predicted molar refractivity (Wildman–Crippen MR) is 477 cm³/mol. The van der Waals surface area contributed by atoms with Crippen molar-refractivity contribution in [2.24, 2.45) is 40.1 Å². The van der Waals surface area contributed by atoms with E-state index in [2.05, 4.69) is 110 Å². The van der Waals surface area contributed by atoms with E-state index in [0.717, 1.165) is 9.80 Å². The smallest absolute Gasteiger partial charge is 0.271 e. The average molecular weight is 1850 g/mol. The highest BCUT2D eigenvalue weighted by atomic mass is 16.3. The molecule has 3 aromatic heterocycles. The van der Waals surface area contributed by atoms with Crippen LogP contribution < -0.4 is 120 Å². The number of guanidine groups is 4. The SMILES string of the molecule is N=C(N)N[C@@H]1C[C@H](C(=O)N2C[C@H](NC(=N)N)C[C@@H]2C(=O)N[C@@H](CCCCNC(=O)c2cnccn2)C(=O)N[C@@H](Cc2ccc(O)cc2)C(N)=O)N(C(=O)[C@H](CCCCNC(=O)[C@H](CCCCNC(=O)c2cnccn2)NC(=O)[C@H]2C[C@@H](N)CN2C(=O)[C@H]2C[C@@H](NC(=N)N)CN2)NC(=O)[C@H](CCCCNC(=O)c2cnccn2)NC(=O)[C@H]2C[C@@H](N)CN2C(=O)[C@H]2C[C@@H](NC(=N)N)CN2)C1. The van der Waals surface area contributed by atoms with Gasteiger partial charge in [-0.1, -0.05) is 12.1 Å². The minimum absolute atomic E-state index is 0.00815. The number of rotatable bonds is 45. The number of unbranched alkanes of at least 4 members (excludes halogenated alkanes) is 4. The zero-order chi connectivity index (χ0) is 96.0. The number of hydrogen-bond donors (Lipinski definition) is 27. The van der Waals surface area contributed by atoms with Crippen molar-refractivity contribution in [3.63, 3.8) is 0 Å². The van der Waals surface area contributed by atoms with Gasteiger partial charge in [-0.05, 0) is 133 Å². The third-order valence-electron chi connectivity index (χ3n) is 23.7. The normalized spacial score (nSPS) is 22.4. The minimum Gasteiger partial charge on any atom is -0.508 e. The lowest BCUT2D eigenvalue weighted by Crippen LogP contribution is -2.59. The molecular weight excluding hydrogens is 1730 g/mol. The first kappa shape index (κ1) is 101. The number of nitrogens with two attached hydrogens (primary N) is 7. The number of carbonyl (C=O) groups excluding carboxylic acids is 14. The first-order valence-electron chi connectivity index (χ1n) is 44.3. The number of benzene rings is 1. The molecule has 6 saturated heterocycles. The van der Waals surface area contributed by atoms with Crippen molar-refractivity contribution in [3.05, 3.63) is 103 Å². The quantitative estimate of drug-likeness (QED) is 0.0111. The van der Waals surface area contributed by atoms with Gasteiger partial charge in [0.25, 0.3) is 17.7 Å². The number of likely N-dealkylation sites (tertiary alicyclic amines) is 4. The number of aromatic nitrogens is 6. The number of phenolic OH excluding ortho intramolecular Hbond substituents is 1. The van der Waals surface area contributed by atoms with Gasteiger partial charge in [-0.2, -0.15) is 0 Å². The summed E-state index contributed by atoms with van der Waals surface area (Å²) in [5.41, 5.74) is 42.5. The van der Waals surface area contributed by atoms with Gasteiger partial charge in [0.15, 0.2) is 23.8 Å². The number of amides is 14. The molecule has 4 aromatic rings. The molecule has 17 atom stereocenters. The Balaban J connectivity index is 0.930. The number of primary amides is 1. The topological polar surface area (TPSA) is 807 Å². The van der Waals surface area contributed by atoms with Gasteiger partial charge in [-0.3, -0.25) is 104 Å². The lowest BCUT2D eigenvalue weighted by atomic mass is 10.0. The third-order valence-corrected chi connectivity index (χ3v) is 23.7. The Morgan fingerprint density at radius 2 is 0.744 bits per heavy atom. The third kappa shape index (κ3) is 29.9. The van der Waals surface area contributed by atoms with Gasteiger partial charge >= 0.3 is 0 Å². The predicted octanol–water partition coefficient (Wildman–Crippen LogP) is -9.51. The van der Waals surface area contributed by atoms with Gasteiger partial charge in [0, 0.05) is 145 Å². The van der Waals surface area contributed by atoms with E-state index in [0.29, 0.717) is 18.5 Å². The molecule has 6 aliphatic heterocycles. The Bertz CT molecular complexity index is 4780. The number of carbonyl (C=O) groups is 14. The number of hydrogen-bond acceptors (Lipinski definition) is 29. The maximum Gasteiger partial charge on any atom is 0.271 e. The molecule has 51 heteroatoms. The number of nitrogens with one attached hydrogen (secondary N) is 19. The highest BCUT2D eigenvalue weighted by molar-refractivity contribution is 6.00. The fraction of sp³-hybridized carbons (Fsp3) is 0.561. The molecule has 0 spiro atoms. The first-order chi connectivity index (χ1) is 63.7. The van der Waals surface area contributed by atoms with Crippen molar-refractivity contribution >= 4 is 107 Å². The van der Waals surface area contributed by atoms with Gasteiger partial charge < -0.3 is 145 Å². The molecule has 0 aliphatic carbocycles. The molecule has 9 heterocycles. The molecule has 0 bridgehead atoms. The van der Waals surface area contributed by atoms with E-state index in [-0.39, 0.29) is 209 Å². The second-order valence-corrected chi connectivity index (χ2v) is 33.8. The van der Waals surface area contributed by atoms with Crippen molar-refractivity contribution < 1.29 is 72.2 Å². The molecule has 34 N–H and O–H groups in total. The monoisotopic (exact) mass is 1850 g/mol. The zero-order valence-corrected chi connectivity index (χ0v) is 73.5. The molecule has 6 aliphatic rings. The highest BCUT2D eigenvalue weighted by Gasteiger charge is 2.51. The fourth-order valence-corrected chi connectivity index (χ4v) is 17.2. The van der Waals surface area contributed by atoms with Gasteiger partial charge in [-0.25, -0.2) is 15.0 Å². The standard InChI is InChI=1S/C82H122N36O15/c83-44-28-61(115(39-44)76(131)56-30-46(34-104-56)106-79(86)87)72(127)110-51(9-1-5-18-101-67(122)58-36-94-21-24-97-58)66(121)100-17-8-4-12-54(113-70(125)52(10-2-6-19-102-68(123)59-37-95-22-25-98-59)111-73(128)62-29-45(84)40-116(62)77(132)57-31-47(35-105-57)107-80(88)89)75(130)118-42-49(109-82(92)93)33-64(118)78(133)117-41-48(108-81(90)91)32-63(117)74(129)112-53(11-3-7-20-103-69(124)60-38-96-23-26-99-60)71(126)114-55(65(85)120)27-43-13-15-50(119)16-14-43/h13-16,21-26,36-38,44-49,51-57,61-64,104-105,119H,1-12,17-20,27-35,39-42,83-84H2,(H2,85,120)(H,100,121)(H,101,122)(H,102,123)(H,103,124)(H,110,127)(H,111,128)(H,112,129)(H,113,125)(H,114,126)(H4,86,87,106)(H4,88,89,107)(H4,90,91,108)(H4,92,93,109)/t44-,45-,46-,47-,48-,49-,51+,52+,53+,54+,55+,56-,57-,61-,62-,63-,64-/m1/s1. The van der Waals surface area contributed by atoms with Gasteiger partial charge in [0.05, 0.1) is 30.7 Å². The Labute approximate surface area is 765 Å². The van der Waals surface area contributed by atoms with Crippen LogP contribution in [0.15, 0.2) is 80.0 Å². The van der Waals surface area contributed by atoms with Crippen LogP contribution in [-0.2, 0) is 59.2 Å². The summed E-state index contributed by atoms with van der Waals surface area (Å²) in [6, 6.07) is -12.7. The van der Waals surface area contributed by atoms with E-state index in [9.17, 15) is 48.3 Å². The van der Waals surface area contributed by atoms with Gasteiger partial charge in [0.2, 0.25) is 65.0 Å². The summed E-state index contributed by atoms with van der Waals surface area (Å²) in [7, 11) is 0. The van der Waals surface area contributed by atoms with Crippen LogP contribution in [0, 0.1) is 21.6 Å². The van der Waals surface area contributed by atoms with E-state index in [1.807, 2.05) is 0 Å². The minimum atomic E-state index is -1.66. The van der Waals surface area contributed by atoms with E-state index in [1.165, 1.54) is 89.8 Å². The van der Waals surface area contributed by atoms with Crippen LogP contribution in [0.3, 0.4) is 0 Å². The molecule has 720 valence electrons. The van der Waals surface area contributed by atoms with E-state index >= 15 is 24.0 Å². The van der Waals surface area contributed by atoms with Crippen molar-refractivity contribution in [1.82, 2.24) is 129 Å². The zero-order valence-electron chi connectivity index (χ0n) is 73.5. The summed E-state index contributed by atoms with van der Waals surface area (Å²) in [6.45, 7) is -0.196. The van der Waals surface area contributed by atoms with Crippen molar-refractivity contribution in [3.8, 4) is 5.75 Å². The highest BCUT2D eigenvalue weighted by Crippen LogP contribution is 2.30. The fourth-order valence-electron chi connectivity index (χ4n) is 17.2. The van der Waals surface area contributed by atoms with Gasteiger partial charge in [-0.15, -0.1) is 0 Å². The molecule has 6 fully saturated rings. The summed E-state index contributed by atoms with van der Waals surface area (Å²) >= 11 is 0. The maximum absolute atomic E-state index is 16.2. The molecule has 0 unspecified atom stereocenters. The van der Waals surface area contributed by atoms with Crippen LogP contribution in [0.4, 0.5) is 0 Å². The van der Waals surface area contributed by atoms with E-state index < -0.39 is 198 Å². The Hall–Kier alpha value is -14.2. The molecule has 0 saturated carbocycles. The maximum atomic E-state index is 16.2. The van der Waals surface area contributed by atoms with Crippen LogP contribution in [0.1, 0.15) is 153 Å².